The summed E-state index contributed by atoms with van der Waals surface area (Å²) in [4.78, 5) is 21.1. The van der Waals surface area contributed by atoms with Crippen molar-refractivity contribution in [3.8, 4) is 0 Å². The second kappa shape index (κ2) is 6.42. The maximum absolute atomic E-state index is 13.7. The predicted octanol–water partition coefficient (Wildman–Crippen LogP) is 2.62. The lowest BCUT2D eigenvalue weighted by Gasteiger charge is -2.08. The van der Waals surface area contributed by atoms with E-state index in [2.05, 4.69) is 5.32 Å². The quantitative estimate of drug-likeness (QED) is 0.515. The molecular formula is C11H11ClF2N2O3. The molecule has 5 nitrogen and oxygen atoms in total. The molecule has 0 spiro atoms. The molecule has 0 aliphatic carbocycles. The number of hydrogen-bond donors (Lipinski definition) is 1. The molecule has 0 aromatic heterocycles. The second-order valence-electron chi connectivity index (χ2n) is 3.84. The number of amides is 1. The highest BCUT2D eigenvalue weighted by Gasteiger charge is 2.25. The summed E-state index contributed by atoms with van der Waals surface area (Å²) < 4.78 is 27.0. The van der Waals surface area contributed by atoms with E-state index in [0.29, 0.717) is 18.6 Å². The third-order valence-electron chi connectivity index (χ3n) is 2.32. The Morgan fingerprint density at radius 2 is 2.16 bits per heavy atom. The second-order valence-corrected chi connectivity index (χ2v) is 4.58. The normalized spacial score (nSPS) is 12.0. The zero-order chi connectivity index (χ0) is 14.6. The first kappa shape index (κ1) is 15.3. The standard InChI is InChI=1S/C11H11ClF2N2O3/c1-6(12)4-5-15-11(17)9-7(13)2-3-8(10(9)14)16(18)19/h2-3,6H,4-5H2,1H3,(H,15,17). The number of nitro groups is 1. The third kappa shape index (κ3) is 3.85. The maximum atomic E-state index is 13.7. The van der Waals surface area contributed by atoms with Crippen molar-refractivity contribution in [3.05, 3.63) is 39.4 Å². The lowest BCUT2D eigenvalue weighted by atomic mass is 10.1. The minimum Gasteiger partial charge on any atom is -0.352 e. The van der Waals surface area contributed by atoms with Crippen LogP contribution < -0.4 is 5.32 Å². The van der Waals surface area contributed by atoms with Crippen LogP contribution in [0.2, 0.25) is 0 Å². The minimum absolute atomic E-state index is 0.116. The summed E-state index contributed by atoms with van der Waals surface area (Å²) >= 11 is 5.65. The molecule has 1 rings (SSSR count). The molecule has 1 aromatic rings. The Labute approximate surface area is 112 Å². The van der Waals surface area contributed by atoms with Crippen LogP contribution in [0.3, 0.4) is 0 Å². The molecular weight excluding hydrogens is 282 g/mol. The lowest BCUT2D eigenvalue weighted by molar-refractivity contribution is -0.387. The van der Waals surface area contributed by atoms with E-state index in [4.69, 9.17) is 11.6 Å². The van der Waals surface area contributed by atoms with Crippen LogP contribution in [-0.2, 0) is 0 Å². The summed E-state index contributed by atoms with van der Waals surface area (Å²) in [6.45, 7) is 1.81. The topological polar surface area (TPSA) is 72.2 Å². The third-order valence-corrected chi connectivity index (χ3v) is 2.54. The van der Waals surface area contributed by atoms with Gasteiger partial charge in [-0.25, -0.2) is 4.39 Å². The summed E-state index contributed by atoms with van der Waals surface area (Å²) in [5.74, 6) is -3.68. The zero-order valence-electron chi connectivity index (χ0n) is 9.95. The van der Waals surface area contributed by atoms with Gasteiger partial charge in [-0.2, -0.15) is 4.39 Å². The van der Waals surface area contributed by atoms with Gasteiger partial charge in [0.05, 0.1) is 4.92 Å². The fourth-order valence-corrected chi connectivity index (χ4v) is 1.47. The number of benzene rings is 1. The van der Waals surface area contributed by atoms with Gasteiger partial charge in [0, 0.05) is 18.0 Å². The Hall–Kier alpha value is -1.76. The van der Waals surface area contributed by atoms with Crippen molar-refractivity contribution in [1.29, 1.82) is 0 Å². The van der Waals surface area contributed by atoms with E-state index in [1.807, 2.05) is 0 Å². The number of carbonyl (C=O) groups is 1. The van der Waals surface area contributed by atoms with Gasteiger partial charge in [0.15, 0.2) is 0 Å². The maximum Gasteiger partial charge on any atom is 0.305 e. The number of alkyl halides is 1. The Morgan fingerprint density at radius 1 is 1.53 bits per heavy atom. The highest BCUT2D eigenvalue weighted by molar-refractivity contribution is 6.20. The molecule has 0 aliphatic heterocycles. The van der Waals surface area contributed by atoms with Crippen LogP contribution >= 0.6 is 11.6 Å². The summed E-state index contributed by atoms with van der Waals surface area (Å²) in [6.07, 6.45) is 0.408. The summed E-state index contributed by atoms with van der Waals surface area (Å²) in [6, 6.07) is 1.35. The molecule has 0 bridgehead atoms. The molecule has 0 aliphatic rings. The van der Waals surface area contributed by atoms with Gasteiger partial charge >= 0.3 is 5.69 Å². The number of halogens is 3. The fourth-order valence-electron chi connectivity index (χ4n) is 1.36. The van der Waals surface area contributed by atoms with Gasteiger partial charge in [-0.1, -0.05) is 0 Å². The first-order valence-electron chi connectivity index (χ1n) is 5.39. The molecule has 0 heterocycles. The molecule has 19 heavy (non-hydrogen) atoms. The van der Waals surface area contributed by atoms with Gasteiger partial charge in [0.1, 0.15) is 11.4 Å². The Morgan fingerprint density at radius 3 is 2.68 bits per heavy atom. The average molecular weight is 293 g/mol. The summed E-state index contributed by atoms with van der Waals surface area (Å²) in [5, 5.41) is 12.5. The van der Waals surface area contributed by atoms with E-state index >= 15 is 0 Å². The van der Waals surface area contributed by atoms with Crippen LogP contribution in [-0.4, -0.2) is 22.8 Å². The summed E-state index contributed by atoms with van der Waals surface area (Å²) in [5.41, 5.74) is -1.91. The fraction of sp³-hybridized carbons (Fsp3) is 0.364. The minimum atomic E-state index is -1.48. The van der Waals surface area contributed by atoms with Crippen LogP contribution in [0, 0.1) is 21.7 Å². The van der Waals surface area contributed by atoms with Crippen molar-refractivity contribution in [3.63, 3.8) is 0 Å². The molecule has 8 heteroatoms. The van der Waals surface area contributed by atoms with Gasteiger partial charge < -0.3 is 5.32 Å². The van der Waals surface area contributed by atoms with E-state index in [1.54, 1.807) is 6.92 Å². The van der Waals surface area contributed by atoms with Gasteiger partial charge in [-0.15, -0.1) is 11.6 Å². The SMILES string of the molecule is CC(Cl)CCNC(=O)c1c(F)ccc([N+](=O)[O-])c1F. The Kier molecular flexibility index (Phi) is 5.17. The van der Waals surface area contributed by atoms with Crippen LogP contribution in [0.1, 0.15) is 23.7 Å². The van der Waals surface area contributed by atoms with Crippen LogP contribution in [0.15, 0.2) is 12.1 Å². The lowest BCUT2D eigenvalue weighted by Crippen LogP contribution is -2.27. The van der Waals surface area contributed by atoms with Gasteiger partial charge in [-0.05, 0) is 19.4 Å². The van der Waals surface area contributed by atoms with E-state index in [1.165, 1.54) is 0 Å². The molecule has 1 atom stereocenters. The zero-order valence-corrected chi connectivity index (χ0v) is 10.7. The first-order valence-corrected chi connectivity index (χ1v) is 5.83. The largest absolute Gasteiger partial charge is 0.352 e. The average Bonchev–Trinajstić information content (AvgIpc) is 2.27. The molecule has 1 aromatic carbocycles. The smallest absolute Gasteiger partial charge is 0.305 e. The van der Waals surface area contributed by atoms with Crippen LogP contribution in [0.5, 0.6) is 0 Å². The number of nitrogens with zero attached hydrogens (tertiary/aromatic N) is 1. The Bertz CT molecular complexity index is 509. The molecule has 104 valence electrons. The number of hydrogen-bond acceptors (Lipinski definition) is 3. The van der Waals surface area contributed by atoms with Crippen molar-refractivity contribution >= 4 is 23.2 Å². The van der Waals surface area contributed by atoms with Gasteiger partial charge in [0.25, 0.3) is 5.91 Å². The van der Waals surface area contributed by atoms with Crippen LogP contribution in [0.25, 0.3) is 0 Å². The number of nitrogens with one attached hydrogen (secondary N) is 1. The van der Waals surface area contributed by atoms with Crippen molar-refractivity contribution in [2.24, 2.45) is 0 Å². The molecule has 0 fully saturated rings. The molecule has 0 radical (unpaired) electrons. The molecule has 1 unspecified atom stereocenters. The van der Waals surface area contributed by atoms with Gasteiger partial charge in [0.2, 0.25) is 5.82 Å². The van der Waals surface area contributed by atoms with Crippen molar-refractivity contribution in [1.82, 2.24) is 5.32 Å². The summed E-state index contributed by atoms with van der Waals surface area (Å²) in [7, 11) is 0. The predicted molar refractivity (Wildman–Crippen MR) is 65.3 cm³/mol. The number of rotatable bonds is 5. The van der Waals surface area contributed by atoms with E-state index in [-0.39, 0.29) is 11.9 Å². The molecule has 1 N–H and O–H groups in total. The Balaban J connectivity index is 2.96. The monoisotopic (exact) mass is 292 g/mol. The highest BCUT2D eigenvalue weighted by atomic mass is 35.5. The number of carbonyl (C=O) groups excluding carboxylic acids is 1. The number of nitro benzene ring substituents is 1. The van der Waals surface area contributed by atoms with E-state index in [0.717, 1.165) is 0 Å². The van der Waals surface area contributed by atoms with Crippen LogP contribution in [0.4, 0.5) is 14.5 Å². The molecule has 0 saturated heterocycles. The molecule has 0 saturated carbocycles. The van der Waals surface area contributed by atoms with Gasteiger partial charge in [-0.3, -0.25) is 14.9 Å². The van der Waals surface area contributed by atoms with Crippen molar-refractivity contribution in [2.45, 2.75) is 18.7 Å². The van der Waals surface area contributed by atoms with E-state index in [9.17, 15) is 23.7 Å². The highest BCUT2D eigenvalue weighted by Crippen LogP contribution is 2.22. The van der Waals surface area contributed by atoms with Crippen molar-refractivity contribution in [2.75, 3.05) is 6.54 Å². The van der Waals surface area contributed by atoms with Crippen molar-refractivity contribution < 1.29 is 18.5 Å². The first-order chi connectivity index (χ1) is 8.84. The van der Waals surface area contributed by atoms with E-state index < -0.39 is 33.7 Å². The molecule has 1 amide bonds.